The Labute approximate surface area is 229 Å². The van der Waals surface area contributed by atoms with Gasteiger partial charge in [-0.2, -0.15) is 0 Å². The fraction of sp³-hybridized carbons (Fsp3) is 0.531. The molecule has 1 spiro atoms. The molecule has 7 heteroatoms. The van der Waals surface area contributed by atoms with E-state index in [1.54, 1.807) is 4.90 Å². The predicted octanol–water partition coefficient (Wildman–Crippen LogP) is 3.77. The maximum Gasteiger partial charge on any atom is 0.255 e. The molecule has 3 unspecified atom stereocenters. The Bertz CT molecular complexity index is 1360. The zero-order valence-corrected chi connectivity index (χ0v) is 22.3. The summed E-state index contributed by atoms with van der Waals surface area (Å²) in [5.74, 6) is 2.39. The van der Waals surface area contributed by atoms with Crippen molar-refractivity contribution in [2.24, 2.45) is 23.2 Å². The van der Waals surface area contributed by atoms with Gasteiger partial charge in [-0.15, -0.1) is 0 Å². The molecular weight excluding hydrogens is 488 g/mol. The third-order valence-electron chi connectivity index (χ3n) is 11.4. The Kier molecular flexibility index (Phi) is 5.10. The smallest absolute Gasteiger partial charge is 0.255 e. The van der Waals surface area contributed by atoms with E-state index < -0.39 is 6.04 Å². The van der Waals surface area contributed by atoms with Gasteiger partial charge in [-0.1, -0.05) is 30.3 Å². The molecular formula is C32H36N4O3. The van der Waals surface area contributed by atoms with Crippen LogP contribution in [0.25, 0.3) is 0 Å². The lowest BCUT2D eigenvalue weighted by Gasteiger charge is -2.91. The van der Waals surface area contributed by atoms with Crippen molar-refractivity contribution >= 4 is 23.4 Å². The maximum atomic E-state index is 13.1. The van der Waals surface area contributed by atoms with Gasteiger partial charge in [0.25, 0.3) is 5.91 Å². The van der Waals surface area contributed by atoms with Crippen molar-refractivity contribution in [1.82, 2.24) is 15.5 Å². The normalized spacial score (nSPS) is 35.0. The Morgan fingerprint density at radius 2 is 1.72 bits per heavy atom. The van der Waals surface area contributed by atoms with Crippen LogP contribution in [0.1, 0.15) is 72.0 Å². The van der Waals surface area contributed by atoms with Gasteiger partial charge in [-0.25, -0.2) is 0 Å². The molecule has 0 radical (unpaired) electrons. The summed E-state index contributed by atoms with van der Waals surface area (Å²) in [7, 11) is 0. The molecule has 3 amide bonds. The first kappa shape index (κ1) is 23.7. The zero-order valence-electron chi connectivity index (χ0n) is 22.3. The summed E-state index contributed by atoms with van der Waals surface area (Å²) in [5.41, 5.74) is 6.33. The lowest BCUT2D eigenvalue weighted by Crippen LogP contribution is -2.92. The van der Waals surface area contributed by atoms with E-state index in [0.29, 0.717) is 30.6 Å². The fourth-order valence-corrected chi connectivity index (χ4v) is 9.62. The SMILES string of the molecule is O=C1CCC(N2Cc3c(NCc4ccc(CCCNC56CC7CC8CC(C5)C876)cc4)cccc3C2=O)C(=O)N1. The molecule has 1 saturated heterocycles. The van der Waals surface area contributed by atoms with Crippen molar-refractivity contribution < 1.29 is 14.4 Å². The number of anilines is 1. The van der Waals surface area contributed by atoms with Gasteiger partial charge in [0.1, 0.15) is 6.04 Å². The largest absolute Gasteiger partial charge is 0.381 e. The number of fused-ring (bicyclic) bond motifs is 1. The molecule has 8 rings (SSSR count). The summed E-state index contributed by atoms with van der Waals surface area (Å²) in [4.78, 5) is 38.6. The van der Waals surface area contributed by atoms with E-state index >= 15 is 0 Å². The van der Waals surface area contributed by atoms with Crippen molar-refractivity contribution in [3.05, 3.63) is 64.7 Å². The van der Waals surface area contributed by atoms with E-state index in [9.17, 15) is 14.4 Å². The van der Waals surface area contributed by atoms with Crippen LogP contribution in [-0.2, 0) is 29.1 Å². The van der Waals surface area contributed by atoms with Gasteiger partial charge in [0.2, 0.25) is 11.8 Å². The minimum atomic E-state index is -0.595. The number of carbonyl (C=O) groups is 3. The van der Waals surface area contributed by atoms with Gasteiger partial charge in [0.15, 0.2) is 0 Å². The quantitative estimate of drug-likeness (QED) is 0.343. The van der Waals surface area contributed by atoms with Crippen molar-refractivity contribution in [2.45, 2.75) is 76.0 Å². The van der Waals surface area contributed by atoms with Crippen LogP contribution >= 0.6 is 0 Å². The third-order valence-corrected chi connectivity index (χ3v) is 11.4. The van der Waals surface area contributed by atoms with E-state index in [-0.39, 0.29) is 24.1 Å². The van der Waals surface area contributed by atoms with Gasteiger partial charge in [0.05, 0.1) is 0 Å². The molecule has 2 aromatic carbocycles. The highest BCUT2D eigenvalue weighted by molar-refractivity contribution is 6.06. The molecule has 202 valence electrons. The number of nitrogens with one attached hydrogen (secondary N) is 3. The molecule has 6 aliphatic rings. The first-order chi connectivity index (χ1) is 19.0. The predicted molar refractivity (Wildman–Crippen MR) is 147 cm³/mol. The van der Waals surface area contributed by atoms with Gasteiger partial charge in [-0.05, 0) is 97.9 Å². The summed E-state index contributed by atoms with van der Waals surface area (Å²) >= 11 is 0. The van der Waals surface area contributed by atoms with E-state index in [2.05, 4.69) is 40.2 Å². The standard InChI is InChI=1S/C32H36N4O3/c37-28-11-10-27(29(38)35-28)36-18-25-24(30(36)39)4-1-5-26(25)33-17-20-8-6-19(7-9-20)3-2-12-34-31-15-22-13-21-14-23(16-31)32(21,22)31/h1,4-9,21-23,27,33-34H,2-3,10-18H2,(H,35,37,38). The van der Waals surface area contributed by atoms with Crippen molar-refractivity contribution in [3.8, 4) is 0 Å². The molecule has 4 saturated carbocycles. The molecule has 7 nitrogen and oxygen atoms in total. The second-order valence-corrected chi connectivity index (χ2v) is 12.9. The molecule has 0 aromatic heterocycles. The average molecular weight is 525 g/mol. The summed E-state index contributed by atoms with van der Waals surface area (Å²) in [6.45, 7) is 2.17. The van der Waals surface area contributed by atoms with Gasteiger partial charge >= 0.3 is 0 Å². The Balaban J connectivity index is 0.842. The van der Waals surface area contributed by atoms with Crippen LogP contribution < -0.4 is 16.0 Å². The van der Waals surface area contributed by atoms with Crippen LogP contribution in [0.3, 0.4) is 0 Å². The number of rotatable bonds is 9. The molecule has 3 N–H and O–H groups in total. The number of nitrogens with zero attached hydrogens (tertiary/aromatic N) is 1. The highest BCUT2D eigenvalue weighted by atomic mass is 16.2. The van der Waals surface area contributed by atoms with E-state index in [4.69, 9.17) is 0 Å². The number of piperidine rings is 1. The van der Waals surface area contributed by atoms with Crippen molar-refractivity contribution in [2.75, 3.05) is 11.9 Å². The van der Waals surface area contributed by atoms with Crippen LogP contribution in [0.4, 0.5) is 5.69 Å². The minimum absolute atomic E-state index is 0.143. The molecule has 0 bridgehead atoms. The summed E-state index contributed by atoms with van der Waals surface area (Å²) in [6, 6.07) is 14.0. The topological polar surface area (TPSA) is 90.5 Å². The van der Waals surface area contributed by atoms with Crippen molar-refractivity contribution in [3.63, 3.8) is 0 Å². The highest BCUT2D eigenvalue weighted by Crippen LogP contribution is 2.89. The van der Waals surface area contributed by atoms with Crippen LogP contribution in [0.5, 0.6) is 0 Å². The first-order valence-corrected chi connectivity index (χ1v) is 14.8. The number of carbonyl (C=O) groups excluding carboxylic acids is 3. The maximum absolute atomic E-state index is 13.1. The molecule has 4 aliphatic carbocycles. The minimum Gasteiger partial charge on any atom is -0.381 e. The lowest BCUT2D eigenvalue weighted by atomic mass is 9.15. The number of imide groups is 1. The second-order valence-electron chi connectivity index (χ2n) is 12.9. The van der Waals surface area contributed by atoms with E-state index in [0.717, 1.165) is 47.4 Å². The molecule has 39 heavy (non-hydrogen) atoms. The first-order valence-electron chi connectivity index (χ1n) is 14.8. The van der Waals surface area contributed by atoms with Crippen LogP contribution in [-0.4, -0.2) is 40.7 Å². The fourth-order valence-electron chi connectivity index (χ4n) is 9.62. The summed E-state index contributed by atoms with van der Waals surface area (Å²) in [5, 5.41) is 9.89. The summed E-state index contributed by atoms with van der Waals surface area (Å²) in [6.07, 6.45) is 8.84. The molecule has 2 heterocycles. The summed E-state index contributed by atoms with van der Waals surface area (Å²) < 4.78 is 0. The number of amides is 3. The van der Waals surface area contributed by atoms with Gasteiger partial charge in [-0.3, -0.25) is 19.7 Å². The average Bonchev–Trinajstić information content (AvgIpc) is 3.22. The molecule has 2 aliphatic heterocycles. The number of hydrogen-bond donors (Lipinski definition) is 3. The Hall–Kier alpha value is -3.19. The van der Waals surface area contributed by atoms with Crippen LogP contribution in [0.15, 0.2) is 42.5 Å². The van der Waals surface area contributed by atoms with Crippen LogP contribution in [0.2, 0.25) is 0 Å². The van der Waals surface area contributed by atoms with Gasteiger partial charge in [0, 0.05) is 41.9 Å². The van der Waals surface area contributed by atoms with Crippen molar-refractivity contribution in [1.29, 1.82) is 0 Å². The highest BCUT2D eigenvalue weighted by Gasteiger charge is 2.87. The second kappa shape index (κ2) is 8.40. The number of benzene rings is 2. The third kappa shape index (κ3) is 3.22. The Morgan fingerprint density at radius 3 is 2.44 bits per heavy atom. The molecule has 3 atom stereocenters. The van der Waals surface area contributed by atoms with E-state index in [1.807, 2.05) is 18.2 Å². The Morgan fingerprint density at radius 1 is 0.949 bits per heavy atom. The van der Waals surface area contributed by atoms with Crippen LogP contribution in [0, 0.1) is 23.2 Å². The number of aryl methyl sites for hydroxylation is 1. The zero-order chi connectivity index (χ0) is 26.4. The number of hydrogen-bond acceptors (Lipinski definition) is 5. The monoisotopic (exact) mass is 524 g/mol. The van der Waals surface area contributed by atoms with Gasteiger partial charge < -0.3 is 15.5 Å². The lowest BCUT2D eigenvalue weighted by molar-refractivity contribution is -0.397. The van der Waals surface area contributed by atoms with E-state index in [1.165, 1.54) is 43.2 Å². The molecule has 2 aromatic rings. The molecule has 5 fully saturated rings.